The van der Waals surface area contributed by atoms with E-state index in [9.17, 15) is 4.79 Å². The first-order chi connectivity index (χ1) is 9.65. The van der Waals surface area contributed by atoms with Crippen LogP contribution in [-0.2, 0) is 13.0 Å². The van der Waals surface area contributed by atoms with Gasteiger partial charge in [-0.15, -0.1) is 0 Å². The molecule has 2 heterocycles. The van der Waals surface area contributed by atoms with Gasteiger partial charge in [0, 0.05) is 25.2 Å². The van der Waals surface area contributed by atoms with Gasteiger partial charge in [-0.25, -0.2) is 0 Å². The Balaban J connectivity index is 1.87. The molecule has 2 aliphatic rings. The Bertz CT molecular complexity index is 502. The van der Waals surface area contributed by atoms with E-state index in [0.717, 1.165) is 38.2 Å². The van der Waals surface area contributed by atoms with Crippen molar-refractivity contribution in [3.05, 3.63) is 34.9 Å². The molecule has 0 spiro atoms. The van der Waals surface area contributed by atoms with E-state index in [1.54, 1.807) is 0 Å². The average Bonchev–Trinajstić information content (AvgIpc) is 2.45. The van der Waals surface area contributed by atoms with Gasteiger partial charge >= 0.3 is 0 Å². The molecule has 3 nitrogen and oxygen atoms in total. The summed E-state index contributed by atoms with van der Waals surface area (Å²) >= 11 is 0. The fraction of sp³-hybridized carbons (Fsp3) is 0.588. The fourth-order valence-corrected chi connectivity index (χ4v) is 3.73. The number of benzene rings is 1. The lowest BCUT2D eigenvalue weighted by molar-refractivity contribution is 0.0621. The average molecular weight is 272 g/mol. The molecule has 1 amide bonds. The number of nitrogens with zero attached hydrogens (tertiary/aromatic N) is 1. The molecule has 20 heavy (non-hydrogen) atoms. The predicted molar refractivity (Wildman–Crippen MR) is 80.7 cm³/mol. The van der Waals surface area contributed by atoms with Gasteiger partial charge in [-0.05, 0) is 48.4 Å². The maximum absolute atomic E-state index is 12.9. The standard InChI is InChI=1S/C17H24N2O/c1-12-8-13(2)11-19(10-12)17(20)16-5-3-4-14-9-18-7-6-15(14)16/h3-5,12-13,18H,6-11H2,1-2H3. The Kier molecular flexibility index (Phi) is 3.79. The van der Waals surface area contributed by atoms with Gasteiger partial charge in [-0.2, -0.15) is 0 Å². The summed E-state index contributed by atoms with van der Waals surface area (Å²) in [7, 11) is 0. The van der Waals surface area contributed by atoms with Gasteiger partial charge in [0.1, 0.15) is 0 Å². The van der Waals surface area contributed by atoms with Crippen LogP contribution in [0.5, 0.6) is 0 Å². The summed E-state index contributed by atoms with van der Waals surface area (Å²) in [6.45, 7) is 8.18. The summed E-state index contributed by atoms with van der Waals surface area (Å²) < 4.78 is 0. The molecule has 2 unspecified atom stereocenters. The SMILES string of the molecule is CC1CC(C)CN(C(=O)c2cccc3c2CCNC3)C1. The second-order valence-electron chi connectivity index (χ2n) is 6.53. The molecular weight excluding hydrogens is 248 g/mol. The van der Waals surface area contributed by atoms with Crippen molar-refractivity contribution in [2.75, 3.05) is 19.6 Å². The molecule has 0 aromatic heterocycles. The first kappa shape index (κ1) is 13.6. The highest BCUT2D eigenvalue weighted by molar-refractivity contribution is 5.96. The maximum Gasteiger partial charge on any atom is 0.254 e. The van der Waals surface area contributed by atoms with E-state index in [-0.39, 0.29) is 5.91 Å². The van der Waals surface area contributed by atoms with Crippen LogP contribution in [0.3, 0.4) is 0 Å². The van der Waals surface area contributed by atoms with Crippen molar-refractivity contribution in [2.45, 2.75) is 33.2 Å². The largest absolute Gasteiger partial charge is 0.338 e. The quantitative estimate of drug-likeness (QED) is 0.851. The number of hydrogen-bond donors (Lipinski definition) is 1. The van der Waals surface area contributed by atoms with Gasteiger partial charge in [-0.3, -0.25) is 4.79 Å². The van der Waals surface area contributed by atoms with Crippen LogP contribution in [0.15, 0.2) is 18.2 Å². The third-order valence-corrected chi connectivity index (χ3v) is 4.53. The molecule has 2 aliphatic heterocycles. The number of nitrogens with one attached hydrogen (secondary N) is 1. The van der Waals surface area contributed by atoms with Crippen LogP contribution < -0.4 is 5.32 Å². The molecule has 0 saturated carbocycles. The minimum Gasteiger partial charge on any atom is -0.338 e. The minimum atomic E-state index is 0.238. The Hall–Kier alpha value is -1.35. The Morgan fingerprint density at radius 3 is 2.75 bits per heavy atom. The van der Waals surface area contributed by atoms with E-state index in [1.807, 2.05) is 12.1 Å². The van der Waals surface area contributed by atoms with Crippen molar-refractivity contribution in [3.63, 3.8) is 0 Å². The highest BCUT2D eigenvalue weighted by atomic mass is 16.2. The van der Waals surface area contributed by atoms with Crippen LogP contribution in [0, 0.1) is 11.8 Å². The van der Waals surface area contributed by atoms with E-state index in [1.165, 1.54) is 17.5 Å². The van der Waals surface area contributed by atoms with Crippen LogP contribution >= 0.6 is 0 Å². The van der Waals surface area contributed by atoms with Crippen molar-refractivity contribution >= 4 is 5.91 Å². The van der Waals surface area contributed by atoms with Gasteiger partial charge in [0.15, 0.2) is 0 Å². The third kappa shape index (κ3) is 2.59. The number of likely N-dealkylation sites (tertiary alicyclic amines) is 1. The first-order valence-corrected chi connectivity index (χ1v) is 7.76. The van der Waals surface area contributed by atoms with E-state index >= 15 is 0 Å². The van der Waals surface area contributed by atoms with E-state index in [0.29, 0.717) is 11.8 Å². The summed E-state index contributed by atoms with van der Waals surface area (Å²) in [5, 5.41) is 3.38. The number of fused-ring (bicyclic) bond motifs is 1. The molecule has 1 aromatic rings. The molecule has 108 valence electrons. The van der Waals surface area contributed by atoms with Crippen LogP contribution in [0.2, 0.25) is 0 Å². The van der Waals surface area contributed by atoms with Gasteiger partial charge < -0.3 is 10.2 Å². The number of carbonyl (C=O) groups is 1. The lowest BCUT2D eigenvalue weighted by Crippen LogP contribution is -2.43. The molecule has 3 heteroatoms. The van der Waals surface area contributed by atoms with Gasteiger partial charge in [0.25, 0.3) is 5.91 Å². The third-order valence-electron chi connectivity index (χ3n) is 4.53. The number of carbonyl (C=O) groups excluding carboxylic acids is 1. The lowest BCUT2D eigenvalue weighted by Gasteiger charge is -2.35. The van der Waals surface area contributed by atoms with Gasteiger partial charge in [-0.1, -0.05) is 26.0 Å². The zero-order valence-corrected chi connectivity index (χ0v) is 12.5. The summed E-state index contributed by atoms with van der Waals surface area (Å²) in [5.74, 6) is 1.47. The van der Waals surface area contributed by atoms with E-state index in [4.69, 9.17) is 0 Å². The molecule has 1 fully saturated rings. The second kappa shape index (κ2) is 5.57. The fourth-order valence-electron chi connectivity index (χ4n) is 3.73. The van der Waals surface area contributed by atoms with Crippen molar-refractivity contribution < 1.29 is 4.79 Å². The van der Waals surface area contributed by atoms with Crippen LogP contribution in [-0.4, -0.2) is 30.4 Å². The summed E-state index contributed by atoms with van der Waals surface area (Å²) in [5.41, 5.74) is 3.49. The lowest BCUT2D eigenvalue weighted by atomic mass is 9.90. The Morgan fingerprint density at radius 2 is 2.00 bits per heavy atom. The minimum absolute atomic E-state index is 0.238. The monoisotopic (exact) mass is 272 g/mol. The number of amides is 1. The molecular formula is C17H24N2O. The zero-order chi connectivity index (χ0) is 14.1. The van der Waals surface area contributed by atoms with Crippen molar-refractivity contribution in [3.8, 4) is 0 Å². The van der Waals surface area contributed by atoms with Crippen LogP contribution in [0.4, 0.5) is 0 Å². The first-order valence-electron chi connectivity index (χ1n) is 7.76. The highest BCUT2D eigenvalue weighted by Gasteiger charge is 2.28. The zero-order valence-electron chi connectivity index (χ0n) is 12.5. The van der Waals surface area contributed by atoms with Crippen molar-refractivity contribution in [2.24, 2.45) is 11.8 Å². The maximum atomic E-state index is 12.9. The van der Waals surface area contributed by atoms with E-state index in [2.05, 4.69) is 30.1 Å². The summed E-state index contributed by atoms with van der Waals surface area (Å²) in [4.78, 5) is 14.9. The normalized spacial score (nSPS) is 26.2. The number of hydrogen-bond acceptors (Lipinski definition) is 2. The number of piperidine rings is 1. The molecule has 1 N–H and O–H groups in total. The second-order valence-corrected chi connectivity index (χ2v) is 6.53. The topological polar surface area (TPSA) is 32.3 Å². The van der Waals surface area contributed by atoms with Gasteiger partial charge in [0.05, 0.1) is 0 Å². The summed E-state index contributed by atoms with van der Waals surface area (Å²) in [6.07, 6.45) is 2.21. The van der Waals surface area contributed by atoms with Crippen molar-refractivity contribution in [1.82, 2.24) is 10.2 Å². The number of rotatable bonds is 1. The molecule has 0 bridgehead atoms. The van der Waals surface area contributed by atoms with Gasteiger partial charge in [0.2, 0.25) is 0 Å². The highest BCUT2D eigenvalue weighted by Crippen LogP contribution is 2.25. The van der Waals surface area contributed by atoms with Crippen LogP contribution in [0.25, 0.3) is 0 Å². The molecule has 1 aromatic carbocycles. The Labute approximate surface area is 121 Å². The molecule has 1 saturated heterocycles. The predicted octanol–water partition coefficient (Wildman–Crippen LogP) is 2.45. The summed E-state index contributed by atoms with van der Waals surface area (Å²) in [6, 6.07) is 6.17. The molecule has 2 atom stereocenters. The molecule has 0 aliphatic carbocycles. The smallest absolute Gasteiger partial charge is 0.254 e. The Morgan fingerprint density at radius 1 is 1.25 bits per heavy atom. The van der Waals surface area contributed by atoms with Crippen LogP contribution in [0.1, 0.15) is 41.8 Å². The van der Waals surface area contributed by atoms with Crippen molar-refractivity contribution in [1.29, 1.82) is 0 Å². The molecule has 3 rings (SSSR count). The van der Waals surface area contributed by atoms with E-state index < -0.39 is 0 Å². The molecule has 0 radical (unpaired) electrons.